The molecule has 0 aliphatic carbocycles. The van der Waals surface area contributed by atoms with Crippen LogP contribution >= 0.6 is 11.6 Å². The highest BCUT2D eigenvalue weighted by molar-refractivity contribution is 7.81. The van der Waals surface area contributed by atoms with Crippen LogP contribution in [0.3, 0.4) is 0 Å². The third-order valence-corrected chi connectivity index (χ3v) is 6.96. The van der Waals surface area contributed by atoms with Gasteiger partial charge >= 0.3 is 5.97 Å². The number of esters is 1. The predicted molar refractivity (Wildman–Crippen MR) is 137 cm³/mol. The molecule has 2 aromatic carbocycles. The summed E-state index contributed by atoms with van der Waals surface area (Å²) in [6.07, 6.45) is -1.10. The first-order chi connectivity index (χ1) is 17.1. The lowest BCUT2D eigenvalue weighted by atomic mass is 9.98. The molecular weight excluding hydrogens is 504 g/mol. The van der Waals surface area contributed by atoms with E-state index in [1.165, 1.54) is 6.92 Å². The van der Waals surface area contributed by atoms with E-state index in [2.05, 4.69) is 11.9 Å². The predicted octanol–water partition coefficient (Wildman–Crippen LogP) is 3.59. The van der Waals surface area contributed by atoms with E-state index < -0.39 is 51.4 Å². The van der Waals surface area contributed by atoms with E-state index in [-0.39, 0.29) is 18.6 Å². The minimum atomic E-state index is -2.23. The fraction of sp³-hybridized carbons (Fsp3) is 0.346. The number of amides is 2. The van der Waals surface area contributed by atoms with Crippen molar-refractivity contribution in [1.29, 1.82) is 0 Å². The Morgan fingerprint density at radius 2 is 1.64 bits per heavy atom. The van der Waals surface area contributed by atoms with Crippen molar-refractivity contribution in [2.75, 3.05) is 6.61 Å². The van der Waals surface area contributed by atoms with Gasteiger partial charge in [-0.2, -0.15) is 0 Å². The number of nitrogens with zero attached hydrogens (tertiary/aromatic N) is 1. The molecule has 0 spiro atoms. The van der Waals surface area contributed by atoms with Crippen LogP contribution < -0.4 is 5.32 Å². The molecule has 36 heavy (non-hydrogen) atoms. The van der Waals surface area contributed by atoms with Crippen molar-refractivity contribution in [3.05, 3.63) is 83.9 Å². The molecule has 1 aliphatic heterocycles. The maximum Gasteiger partial charge on any atom is 0.334 e. The fourth-order valence-corrected chi connectivity index (χ4v) is 5.44. The number of halogens is 1. The minimum Gasteiger partial charge on any atom is -0.451 e. The number of carbonyl (C=O) groups excluding carboxylic acids is 3. The molecule has 1 N–H and O–H groups in total. The fourth-order valence-electron chi connectivity index (χ4n) is 3.94. The number of nitrogens with one attached hydrogen (secondary N) is 1. The highest BCUT2D eigenvalue weighted by atomic mass is 35.5. The molecule has 4 unspecified atom stereocenters. The van der Waals surface area contributed by atoms with Gasteiger partial charge in [-0.15, -0.1) is 11.6 Å². The summed E-state index contributed by atoms with van der Waals surface area (Å²) in [5, 5.41) is 2.09. The summed E-state index contributed by atoms with van der Waals surface area (Å²) in [5.41, 5.74) is 1.72. The number of rotatable bonds is 11. The van der Waals surface area contributed by atoms with E-state index in [0.29, 0.717) is 0 Å². The molecule has 3 rings (SSSR count). The van der Waals surface area contributed by atoms with Crippen molar-refractivity contribution in [3.8, 4) is 0 Å². The zero-order chi connectivity index (χ0) is 26.5. The van der Waals surface area contributed by atoms with Gasteiger partial charge in [-0.25, -0.2) is 9.00 Å². The largest absolute Gasteiger partial charge is 0.451 e. The monoisotopic (exact) mass is 532 g/mol. The van der Waals surface area contributed by atoms with Gasteiger partial charge in [0.25, 0.3) is 0 Å². The first kappa shape index (κ1) is 27.6. The standard InChI is InChI=1S/C26H29ClN2O6S/c1-17(2)23(29-22(31)15-26(29,28-19(4)30)36(33)34-16-18(3)27)25(32)35-24(20-11-7-5-8-12-20)21-13-9-6-10-14-21/h5-14,18,23-24H,1,15-16H2,2-4H3,(H,28,30). The molecule has 2 aromatic rings. The number of benzene rings is 2. The third-order valence-electron chi connectivity index (χ3n) is 5.49. The first-order valence-electron chi connectivity index (χ1n) is 11.3. The number of likely N-dealkylation sites (tertiary alicyclic amines) is 1. The Hall–Kier alpha value is -3.01. The van der Waals surface area contributed by atoms with Crippen LogP contribution in [0.5, 0.6) is 0 Å². The average Bonchev–Trinajstić information content (AvgIpc) is 2.84. The van der Waals surface area contributed by atoms with Gasteiger partial charge in [-0.1, -0.05) is 67.2 Å². The van der Waals surface area contributed by atoms with Crippen molar-refractivity contribution in [2.45, 2.75) is 49.7 Å². The van der Waals surface area contributed by atoms with E-state index in [9.17, 15) is 18.6 Å². The Bertz CT molecular complexity index is 1100. The van der Waals surface area contributed by atoms with Crippen molar-refractivity contribution in [1.82, 2.24) is 10.2 Å². The lowest BCUT2D eigenvalue weighted by molar-refractivity contribution is -0.171. The molecule has 0 bridgehead atoms. The average molecular weight is 533 g/mol. The quantitative estimate of drug-likeness (QED) is 0.205. The summed E-state index contributed by atoms with van der Waals surface area (Å²) in [6, 6.07) is 17.0. The van der Waals surface area contributed by atoms with E-state index >= 15 is 0 Å². The summed E-state index contributed by atoms with van der Waals surface area (Å²) < 4.78 is 24.5. The minimum absolute atomic E-state index is 0.0934. The summed E-state index contributed by atoms with van der Waals surface area (Å²) >= 11 is 3.70. The summed E-state index contributed by atoms with van der Waals surface area (Å²) in [5.74, 6) is -1.85. The molecule has 1 fully saturated rings. The van der Waals surface area contributed by atoms with Gasteiger partial charge in [0.05, 0.1) is 18.4 Å². The van der Waals surface area contributed by atoms with Gasteiger partial charge in [-0.3, -0.25) is 18.7 Å². The second-order valence-electron chi connectivity index (χ2n) is 8.59. The normalized spacial score (nSPS) is 19.7. The second kappa shape index (κ2) is 11.8. The molecule has 1 saturated heterocycles. The van der Waals surface area contributed by atoms with Crippen molar-refractivity contribution >= 4 is 40.5 Å². The topological polar surface area (TPSA) is 102 Å². The van der Waals surface area contributed by atoms with Gasteiger partial charge in [-0.05, 0) is 30.5 Å². The van der Waals surface area contributed by atoms with Crippen molar-refractivity contribution in [3.63, 3.8) is 0 Å². The second-order valence-corrected chi connectivity index (χ2v) is 10.7. The van der Waals surface area contributed by atoms with Crippen LogP contribution in [0.25, 0.3) is 0 Å². The molecule has 1 heterocycles. The Balaban J connectivity index is 1.97. The van der Waals surface area contributed by atoms with Crippen LogP contribution in [0.2, 0.25) is 0 Å². The highest BCUT2D eigenvalue weighted by Gasteiger charge is 2.62. The number of β-lactam (4-membered cyclic amide) rings is 1. The van der Waals surface area contributed by atoms with E-state index in [1.807, 2.05) is 60.7 Å². The molecule has 0 radical (unpaired) electrons. The highest BCUT2D eigenvalue weighted by Crippen LogP contribution is 2.39. The molecule has 10 heteroatoms. The Kier molecular flexibility index (Phi) is 9.05. The number of hydrogen-bond acceptors (Lipinski definition) is 6. The van der Waals surface area contributed by atoms with Gasteiger partial charge in [0.15, 0.2) is 12.1 Å². The van der Waals surface area contributed by atoms with Gasteiger partial charge in [0.1, 0.15) is 0 Å². The van der Waals surface area contributed by atoms with Gasteiger partial charge < -0.3 is 10.1 Å². The summed E-state index contributed by atoms with van der Waals surface area (Å²) in [4.78, 5) is 37.8. The Morgan fingerprint density at radius 1 is 1.11 bits per heavy atom. The zero-order valence-electron chi connectivity index (χ0n) is 20.3. The number of carbonyl (C=O) groups is 3. The lowest BCUT2D eigenvalue weighted by Gasteiger charge is -2.52. The maximum atomic E-state index is 13.6. The third kappa shape index (κ3) is 6.03. The number of hydrogen-bond donors (Lipinski definition) is 1. The molecule has 1 aliphatic rings. The lowest BCUT2D eigenvalue weighted by Crippen LogP contribution is -2.77. The molecule has 2 amide bonds. The molecule has 4 atom stereocenters. The Morgan fingerprint density at radius 3 is 2.06 bits per heavy atom. The molecule has 8 nitrogen and oxygen atoms in total. The van der Waals surface area contributed by atoms with Crippen LogP contribution in [0.4, 0.5) is 0 Å². The molecule has 0 saturated carbocycles. The van der Waals surface area contributed by atoms with E-state index in [0.717, 1.165) is 16.0 Å². The van der Waals surface area contributed by atoms with E-state index in [4.69, 9.17) is 20.5 Å². The molecular formula is C26H29ClN2O6S. The number of alkyl halides is 1. The summed E-state index contributed by atoms with van der Waals surface area (Å²) in [7, 11) is 0. The van der Waals surface area contributed by atoms with E-state index in [1.54, 1.807) is 13.8 Å². The Labute approximate surface area is 218 Å². The van der Waals surface area contributed by atoms with Crippen LogP contribution in [0, 0.1) is 0 Å². The smallest absolute Gasteiger partial charge is 0.334 e. The van der Waals surface area contributed by atoms with Crippen LogP contribution in [0.15, 0.2) is 72.8 Å². The number of ether oxygens (including phenoxy) is 1. The van der Waals surface area contributed by atoms with Crippen LogP contribution in [0.1, 0.15) is 44.4 Å². The van der Waals surface area contributed by atoms with Crippen LogP contribution in [-0.4, -0.2) is 49.9 Å². The SMILES string of the molecule is C=C(C)C(C(=O)OC(c1ccccc1)c1ccccc1)N1C(=O)CC1(NC(C)=O)S(=O)OCC(C)Cl. The van der Waals surface area contributed by atoms with Gasteiger partial charge in [0, 0.05) is 6.92 Å². The van der Waals surface area contributed by atoms with Crippen molar-refractivity contribution < 1.29 is 27.5 Å². The van der Waals surface area contributed by atoms with Gasteiger partial charge in [0.2, 0.25) is 27.9 Å². The molecule has 0 aromatic heterocycles. The zero-order valence-corrected chi connectivity index (χ0v) is 21.9. The maximum absolute atomic E-state index is 13.6. The van der Waals surface area contributed by atoms with Crippen LogP contribution in [-0.2, 0) is 34.4 Å². The first-order valence-corrected chi connectivity index (χ1v) is 12.8. The van der Waals surface area contributed by atoms with Crippen molar-refractivity contribution in [2.24, 2.45) is 0 Å². The summed E-state index contributed by atoms with van der Waals surface area (Å²) in [6.45, 7) is 8.21. The molecule has 192 valence electrons.